The highest BCUT2D eigenvalue weighted by molar-refractivity contribution is 4.64. The Kier molecular flexibility index (Phi) is 7.06. The molecule has 0 bridgehead atoms. The van der Waals surface area contributed by atoms with Crippen LogP contribution >= 0.6 is 0 Å². The summed E-state index contributed by atoms with van der Waals surface area (Å²) in [5.74, 6) is 0. The van der Waals surface area contributed by atoms with Crippen molar-refractivity contribution in [2.45, 2.75) is 45.4 Å². The van der Waals surface area contributed by atoms with Gasteiger partial charge in [-0.2, -0.15) is 0 Å². The van der Waals surface area contributed by atoms with Crippen molar-refractivity contribution in [2.75, 3.05) is 32.7 Å². The van der Waals surface area contributed by atoms with Crippen LogP contribution in [0.5, 0.6) is 0 Å². The highest BCUT2D eigenvalue weighted by Gasteiger charge is 2.08. The first-order valence-electron chi connectivity index (χ1n) is 6.36. The molecule has 1 saturated heterocycles. The molecule has 14 heavy (non-hydrogen) atoms. The van der Waals surface area contributed by atoms with E-state index in [1.807, 2.05) is 0 Å². The lowest BCUT2D eigenvalue weighted by Crippen LogP contribution is -2.31. The summed E-state index contributed by atoms with van der Waals surface area (Å²) in [5.41, 5.74) is 0. The summed E-state index contributed by atoms with van der Waals surface area (Å²) in [5, 5.41) is 3.45. The summed E-state index contributed by atoms with van der Waals surface area (Å²) in [7, 11) is 0. The highest BCUT2D eigenvalue weighted by Crippen LogP contribution is 2.08. The zero-order valence-electron chi connectivity index (χ0n) is 9.73. The van der Waals surface area contributed by atoms with Gasteiger partial charge in [-0.05, 0) is 64.8 Å². The molecule has 1 aliphatic rings. The first kappa shape index (κ1) is 12.0. The Labute approximate surface area is 89.1 Å². The maximum atomic E-state index is 3.45. The van der Waals surface area contributed by atoms with Crippen LogP contribution in [0.25, 0.3) is 0 Å². The van der Waals surface area contributed by atoms with Crippen molar-refractivity contribution in [3.8, 4) is 0 Å². The van der Waals surface area contributed by atoms with E-state index < -0.39 is 0 Å². The van der Waals surface area contributed by atoms with Crippen molar-refractivity contribution in [3.05, 3.63) is 0 Å². The van der Waals surface area contributed by atoms with E-state index in [9.17, 15) is 0 Å². The Hall–Kier alpha value is -0.0800. The van der Waals surface area contributed by atoms with Crippen molar-refractivity contribution in [1.29, 1.82) is 0 Å². The lowest BCUT2D eigenvalue weighted by molar-refractivity contribution is 0.224. The van der Waals surface area contributed by atoms with Crippen LogP contribution in [0, 0.1) is 0 Å². The molecule has 0 aliphatic carbocycles. The van der Waals surface area contributed by atoms with E-state index in [1.54, 1.807) is 0 Å². The first-order valence-corrected chi connectivity index (χ1v) is 6.36. The molecular weight excluding hydrogens is 172 g/mol. The van der Waals surface area contributed by atoms with E-state index in [-0.39, 0.29) is 0 Å². The fourth-order valence-electron chi connectivity index (χ4n) is 2.07. The Morgan fingerprint density at radius 3 is 2.50 bits per heavy atom. The average molecular weight is 198 g/mol. The molecule has 2 heteroatoms. The van der Waals surface area contributed by atoms with Crippen molar-refractivity contribution in [2.24, 2.45) is 0 Å². The lowest BCUT2D eigenvalue weighted by atomic mass is 10.1. The van der Waals surface area contributed by atoms with E-state index in [4.69, 9.17) is 0 Å². The van der Waals surface area contributed by atoms with Crippen molar-refractivity contribution in [3.63, 3.8) is 0 Å². The molecule has 0 aromatic rings. The Morgan fingerprint density at radius 2 is 1.79 bits per heavy atom. The number of rotatable bonds is 7. The molecular formula is C12H26N2. The number of likely N-dealkylation sites (tertiary alicyclic amines) is 1. The monoisotopic (exact) mass is 198 g/mol. The number of hydrogen-bond donors (Lipinski definition) is 1. The molecule has 0 aromatic carbocycles. The largest absolute Gasteiger partial charge is 0.317 e. The van der Waals surface area contributed by atoms with Gasteiger partial charge in [0.25, 0.3) is 0 Å². The minimum atomic E-state index is 1.18. The summed E-state index contributed by atoms with van der Waals surface area (Å²) >= 11 is 0. The smallest absolute Gasteiger partial charge is 0.00183 e. The number of piperidine rings is 1. The molecule has 0 amide bonds. The van der Waals surface area contributed by atoms with Crippen LogP contribution in [-0.4, -0.2) is 37.6 Å². The fraction of sp³-hybridized carbons (Fsp3) is 1.00. The van der Waals surface area contributed by atoms with Gasteiger partial charge in [0, 0.05) is 0 Å². The van der Waals surface area contributed by atoms with E-state index in [0.717, 1.165) is 0 Å². The Morgan fingerprint density at radius 1 is 1.00 bits per heavy atom. The number of nitrogens with zero attached hydrogens (tertiary/aromatic N) is 1. The molecule has 1 aliphatic heterocycles. The number of unbranched alkanes of at least 4 members (excludes halogenated alkanes) is 1. The molecule has 0 unspecified atom stereocenters. The first-order chi connectivity index (χ1) is 6.93. The van der Waals surface area contributed by atoms with Gasteiger partial charge in [-0.15, -0.1) is 0 Å². The van der Waals surface area contributed by atoms with Crippen LogP contribution in [0.3, 0.4) is 0 Å². The summed E-state index contributed by atoms with van der Waals surface area (Å²) < 4.78 is 0. The molecule has 1 rings (SSSR count). The van der Waals surface area contributed by atoms with Crippen molar-refractivity contribution in [1.82, 2.24) is 10.2 Å². The third-order valence-corrected chi connectivity index (χ3v) is 2.95. The van der Waals surface area contributed by atoms with Gasteiger partial charge < -0.3 is 10.2 Å². The minimum Gasteiger partial charge on any atom is -0.317 e. The van der Waals surface area contributed by atoms with E-state index in [0.29, 0.717) is 0 Å². The highest BCUT2D eigenvalue weighted by atomic mass is 15.1. The maximum Gasteiger partial charge on any atom is -0.00183 e. The predicted molar refractivity (Wildman–Crippen MR) is 62.7 cm³/mol. The molecule has 1 N–H and O–H groups in total. The van der Waals surface area contributed by atoms with Gasteiger partial charge in [-0.1, -0.05) is 13.3 Å². The van der Waals surface area contributed by atoms with Gasteiger partial charge in [0.2, 0.25) is 0 Å². The molecule has 1 fully saturated rings. The third-order valence-electron chi connectivity index (χ3n) is 2.95. The van der Waals surface area contributed by atoms with Crippen LogP contribution in [0.2, 0.25) is 0 Å². The van der Waals surface area contributed by atoms with Crippen LogP contribution in [-0.2, 0) is 0 Å². The zero-order chi connectivity index (χ0) is 10.1. The molecule has 84 valence electrons. The Balaban J connectivity index is 1.82. The average Bonchev–Trinajstić information content (AvgIpc) is 2.25. The van der Waals surface area contributed by atoms with E-state index >= 15 is 0 Å². The fourth-order valence-corrected chi connectivity index (χ4v) is 2.07. The van der Waals surface area contributed by atoms with Gasteiger partial charge in [0.05, 0.1) is 0 Å². The summed E-state index contributed by atoms with van der Waals surface area (Å²) in [4.78, 5) is 2.63. The zero-order valence-corrected chi connectivity index (χ0v) is 9.73. The second-order valence-electron chi connectivity index (χ2n) is 4.36. The van der Waals surface area contributed by atoms with E-state index in [2.05, 4.69) is 17.1 Å². The summed E-state index contributed by atoms with van der Waals surface area (Å²) in [6, 6.07) is 0. The van der Waals surface area contributed by atoms with Crippen LogP contribution < -0.4 is 5.32 Å². The van der Waals surface area contributed by atoms with Gasteiger partial charge in [0.15, 0.2) is 0 Å². The second kappa shape index (κ2) is 8.25. The second-order valence-corrected chi connectivity index (χ2v) is 4.36. The van der Waals surface area contributed by atoms with Crippen LogP contribution in [0.15, 0.2) is 0 Å². The number of hydrogen-bond acceptors (Lipinski definition) is 2. The lowest BCUT2D eigenvalue weighted by Gasteiger charge is -2.26. The van der Waals surface area contributed by atoms with Gasteiger partial charge in [-0.3, -0.25) is 0 Å². The van der Waals surface area contributed by atoms with Crippen molar-refractivity contribution >= 4 is 0 Å². The van der Waals surface area contributed by atoms with Crippen LogP contribution in [0.1, 0.15) is 45.4 Å². The summed E-state index contributed by atoms with van der Waals surface area (Å²) in [6.45, 7) is 8.64. The van der Waals surface area contributed by atoms with Gasteiger partial charge >= 0.3 is 0 Å². The van der Waals surface area contributed by atoms with Gasteiger partial charge in [0.1, 0.15) is 0 Å². The molecule has 2 nitrogen and oxygen atoms in total. The third kappa shape index (κ3) is 5.61. The van der Waals surface area contributed by atoms with Crippen LogP contribution in [0.4, 0.5) is 0 Å². The van der Waals surface area contributed by atoms with Crippen molar-refractivity contribution < 1.29 is 0 Å². The van der Waals surface area contributed by atoms with E-state index in [1.165, 1.54) is 71.2 Å². The minimum absolute atomic E-state index is 1.18. The number of nitrogens with one attached hydrogen (secondary N) is 1. The Bertz CT molecular complexity index is 119. The predicted octanol–water partition coefficient (Wildman–Crippen LogP) is 2.25. The molecule has 0 saturated carbocycles. The topological polar surface area (TPSA) is 15.3 Å². The van der Waals surface area contributed by atoms with Gasteiger partial charge in [-0.25, -0.2) is 0 Å². The SMILES string of the molecule is CCCNCCCCN1CCCCC1. The quantitative estimate of drug-likeness (QED) is 0.631. The summed E-state index contributed by atoms with van der Waals surface area (Å²) in [6.07, 6.45) is 8.27. The maximum absolute atomic E-state index is 3.45. The molecule has 0 radical (unpaired) electrons. The molecule has 0 aromatic heterocycles. The molecule has 0 spiro atoms. The molecule has 1 heterocycles. The normalized spacial score (nSPS) is 18.6. The molecule has 0 atom stereocenters. The standard InChI is InChI=1S/C12H26N2/c1-2-8-13-9-4-7-12-14-10-5-3-6-11-14/h13H,2-12H2,1H3.